The number of thiazole rings is 1. The van der Waals surface area contributed by atoms with E-state index in [1.165, 1.54) is 11.3 Å². The van der Waals surface area contributed by atoms with E-state index < -0.39 is 42.0 Å². The summed E-state index contributed by atoms with van der Waals surface area (Å²) in [5.74, 6) is -1.87. The third-order valence-electron chi connectivity index (χ3n) is 6.87. The number of ether oxygens (including phenoxy) is 1. The van der Waals surface area contributed by atoms with E-state index in [1.807, 2.05) is 19.2 Å². The highest BCUT2D eigenvalue weighted by Crippen LogP contribution is 2.32. The van der Waals surface area contributed by atoms with Gasteiger partial charge < -0.3 is 14.9 Å². The number of rotatable bonds is 3. The zero-order chi connectivity index (χ0) is 26.3. The quantitative estimate of drug-likeness (QED) is 0.544. The number of Topliss-reactive ketones (excluding diaryl/α,β-unsaturated/α-hetero) is 1. The molecule has 0 aromatic carbocycles. The molecule has 0 spiro atoms. The second-order valence-electron chi connectivity index (χ2n) is 10.1. The Hall–Kier alpha value is -2.10. The number of aliphatic hydroxyl groups excluding tert-OH is 2. The van der Waals surface area contributed by atoms with Crippen LogP contribution in [-0.2, 0) is 19.3 Å². The second kappa shape index (κ2) is 12.7. The van der Waals surface area contributed by atoms with Crippen molar-refractivity contribution in [1.82, 2.24) is 4.98 Å². The molecule has 2 rings (SSSR count). The molecular formula is C26H38FNO6S. The minimum Gasteiger partial charge on any atom is -0.457 e. The topological polar surface area (TPSA) is 106 Å². The number of halogens is 1. The predicted molar refractivity (Wildman–Crippen MR) is 133 cm³/mol. The molecule has 0 saturated heterocycles. The summed E-state index contributed by atoms with van der Waals surface area (Å²) < 4.78 is 18.9. The molecule has 0 bridgehead atoms. The van der Waals surface area contributed by atoms with E-state index in [-0.39, 0.29) is 23.9 Å². The van der Waals surface area contributed by atoms with Crippen LogP contribution in [0.3, 0.4) is 0 Å². The van der Waals surface area contributed by atoms with Gasteiger partial charge in [0.05, 0.1) is 34.7 Å². The molecule has 2 N–H and O–H groups in total. The summed E-state index contributed by atoms with van der Waals surface area (Å²) in [4.78, 5) is 34.4. The van der Waals surface area contributed by atoms with E-state index in [4.69, 9.17) is 4.74 Å². The average molecular weight is 512 g/mol. The second-order valence-corrected chi connectivity index (χ2v) is 11.2. The first-order chi connectivity index (χ1) is 16.4. The normalized spacial score (nSPS) is 29.9. The number of aliphatic hydroxyl groups is 2. The van der Waals surface area contributed by atoms with Crippen LogP contribution >= 0.6 is 11.3 Å². The van der Waals surface area contributed by atoms with Crippen molar-refractivity contribution in [2.24, 2.45) is 17.3 Å². The Balaban J connectivity index is 2.37. The first kappa shape index (κ1) is 29.1. The van der Waals surface area contributed by atoms with E-state index in [2.05, 4.69) is 9.93 Å². The molecule has 0 aliphatic carbocycles. The molecule has 2 heterocycles. The number of aryl methyl sites for hydroxylation is 1. The number of allylic oxidation sites excluding steroid dienone is 1. The van der Waals surface area contributed by atoms with Crippen LogP contribution in [0.2, 0.25) is 0 Å². The first-order valence-corrected chi connectivity index (χ1v) is 12.9. The lowest BCUT2D eigenvalue weighted by Crippen LogP contribution is -2.45. The summed E-state index contributed by atoms with van der Waals surface area (Å²) in [6.07, 6.45) is 1.57. The maximum Gasteiger partial charge on any atom is 0.309 e. The molecule has 0 saturated carbocycles. The van der Waals surface area contributed by atoms with Gasteiger partial charge in [0.25, 0.3) is 0 Å². The monoisotopic (exact) mass is 511 g/mol. The molecule has 35 heavy (non-hydrogen) atoms. The van der Waals surface area contributed by atoms with Gasteiger partial charge in [-0.05, 0) is 50.3 Å². The third kappa shape index (κ3) is 7.95. The van der Waals surface area contributed by atoms with Crippen LogP contribution in [0.4, 0.5) is 4.53 Å². The average Bonchev–Trinajstić information content (AvgIpc) is 3.21. The minimum absolute atomic E-state index is 0.113. The maximum atomic E-state index is 13.2. The molecule has 1 aromatic rings. The fourth-order valence-electron chi connectivity index (χ4n) is 4.30. The number of nitrogens with zero attached hydrogens (tertiary/aromatic N) is 1. The van der Waals surface area contributed by atoms with E-state index in [9.17, 15) is 24.3 Å². The molecule has 1 aliphatic rings. The highest BCUT2D eigenvalue weighted by atomic mass is 32.1. The molecule has 0 radical (unpaired) electrons. The number of aromatic nitrogens is 1. The Morgan fingerprint density at radius 2 is 2.00 bits per heavy atom. The first-order valence-electron chi connectivity index (χ1n) is 12.0. The lowest BCUT2D eigenvalue weighted by Gasteiger charge is -2.34. The summed E-state index contributed by atoms with van der Waals surface area (Å²) in [5.41, 5.74) is 0.172. The molecule has 1 aliphatic heterocycles. The molecule has 1 aromatic heterocycles. The predicted octanol–water partition coefficient (Wildman–Crippen LogP) is 5.11. The molecular weight excluding hydrogens is 473 g/mol. The van der Waals surface area contributed by atoms with Gasteiger partial charge in [0.1, 0.15) is 17.6 Å². The van der Waals surface area contributed by atoms with Gasteiger partial charge >= 0.3 is 5.97 Å². The molecule has 7 nitrogen and oxygen atoms in total. The fraction of sp³-hybridized carbons (Fsp3) is 0.654. The van der Waals surface area contributed by atoms with Crippen LogP contribution in [0.1, 0.15) is 77.4 Å². The Morgan fingerprint density at radius 1 is 1.31 bits per heavy atom. The van der Waals surface area contributed by atoms with Gasteiger partial charge in [-0.2, -0.15) is 0 Å². The summed E-state index contributed by atoms with van der Waals surface area (Å²) >= 11 is 1.50. The standard InChI is InChI=1S/C26H38FNO6S/c1-15-8-7-9-20(34-27)10-11-21(16(2)12-19-14-35-18(4)28-19)33-23(30)13-22(29)26(5,6)25(32)17(3)24(15)31/h10,12,14-15,17,21-22,24,29,31H,7-9,11,13H2,1-6H3/t15-,17+,21-,22?,24-/m0/s1. The summed E-state index contributed by atoms with van der Waals surface area (Å²) in [7, 11) is 0. The van der Waals surface area contributed by atoms with Gasteiger partial charge in [0.15, 0.2) is 0 Å². The maximum absolute atomic E-state index is 13.2. The van der Waals surface area contributed by atoms with E-state index in [0.29, 0.717) is 24.8 Å². The van der Waals surface area contributed by atoms with Gasteiger partial charge in [-0.1, -0.05) is 27.7 Å². The number of hydrogen-bond donors (Lipinski definition) is 2. The SMILES string of the molecule is CC(=Cc1csc(C)n1)[C@@H]1CC=C(OF)CCC[C@H](C)[C@H](O)[C@@H](C)C(=O)C(C)(C)C(O)CC(=O)O1. The Labute approximate surface area is 211 Å². The van der Waals surface area contributed by atoms with Crippen molar-refractivity contribution in [2.45, 2.75) is 92.0 Å². The number of esters is 1. The molecule has 0 amide bonds. The van der Waals surface area contributed by atoms with Crippen molar-refractivity contribution in [1.29, 1.82) is 0 Å². The highest BCUT2D eigenvalue weighted by Gasteiger charge is 2.42. The Bertz CT molecular complexity index is 940. The van der Waals surface area contributed by atoms with Crippen LogP contribution in [0.15, 0.2) is 22.8 Å². The van der Waals surface area contributed by atoms with E-state index in [0.717, 1.165) is 10.7 Å². The van der Waals surface area contributed by atoms with Crippen LogP contribution in [-0.4, -0.2) is 45.3 Å². The minimum atomic E-state index is -1.30. The largest absolute Gasteiger partial charge is 0.457 e. The molecule has 0 fully saturated rings. The lowest BCUT2D eigenvalue weighted by molar-refractivity contribution is -0.154. The highest BCUT2D eigenvalue weighted by molar-refractivity contribution is 7.09. The number of carbonyl (C=O) groups is 2. The van der Waals surface area contributed by atoms with E-state index in [1.54, 1.807) is 39.8 Å². The van der Waals surface area contributed by atoms with Crippen LogP contribution < -0.4 is 0 Å². The number of hydrogen-bond acceptors (Lipinski definition) is 8. The van der Waals surface area contributed by atoms with Gasteiger partial charge in [0.2, 0.25) is 0 Å². The molecule has 196 valence electrons. The van der Waals surface area contributed by atoms with Crippen molar-refractivity contribution >= 4 is 29.2 Å². The molecule has 5 atom stereocenters. The van der Waals surface area contributed by atoms with Crippen molar-refractivity contribution < 1.29 is 34.0 Å². The zero-order valence-electron chi connectivity index (χ0n) is 21.4. The zero-order valence-corrected chi connectivity index (χ0v) is 22.2. The molecule has 1 unspecified atom stereocenters. The van der Waals surface area contributed by atoms with Crippen LogP contribution in [0.25, 0.3) is 6.08 Å². The van der Waals surface area contributed by atoms with Gasteiger partial charge in [0, 0.05) is 28.7 Å². The summed E-state index contributed by atoms with van der Waals surface area (Å²) in [5, 5.41) is 24.3. The Morgan fingerprint density at radius 3 is 2.60 bits per heavy atom. The summed E-state index contributed by atoms with van der Waals surface area (Å²) in [6, 6.07) is 0. The van der Waals surface area contributed by atoms with Crippen molar-refractivity contribution in [3.63, 3.8) is 0 Å². The van der Waals surface area contributed by atoms with Crippen LogP contribution in [0, 0.1) is 24.2 Å². The number of carbonyl (C=O) groups excluding carboxylic acids is 2. The fourth-order valence-corrected chi connectivity index (χ4v) is 4.87. The molecule has 9 heteroatoms. The van der Waals surface area contributed by atoms with Crippen molar-refractivity contribution in [3.8, 4) is 0 Å². The lowest BCUT2D eigenvalue weighted by atomic mass is 9.73. The van der Waals surface area contributed by atoms with E-state index >= 15 is 0 Å². The van der Waals surface area contributed by atoms with Gasteiger partial charge in [-0.25, -0.2) is 4.98 Å². The smallest absolute Gasteiger partial charge is 0.309 e. The number of ketones is 1. The Kier molecular flexibility index (Phi) is 10.6. The number of cyclic esters (lactones) is 1. The third-order valence-corrected chi connectivity index (χ3v) is 7.66. The summed E-state index contributed by atoms with van der Waals surface area (Å²) in [6.45, 7) is 10.3. The van der Waals surface area contributed by atoms with Gasteiger partial charge in [-0.3, -0.25) is 14.5 Å². The van der Waals surface area contributed by atoms with Crippen molar-refractivity contribution in [3.05, 3.63) is 33.5 Å². The van der Waals surface area contributed by atoms with Crippen LogP contribution in [0.5, 0.6) is 0 Å². The van der Waals surface area contributed by atoms with Gasteiger partial charge in [-0.15, -0.1) is 11.3 Å². The van der Waals surface area contributed by atoms with Crippen molar-refractivity contribution in [2.75, 3.05) is 0 Å².